The van der Waals surface area contributed by atoms with Gasteiger partial charge in [-0.3, -0.25) is 4.79 Å². The quantitative estimate of drug-likeness (QED) is 0.418. The van der Waals surface area contributed by atoms with Crippen molar-refractivity contribution in [3.8, 4) is 0 Å². The predicted octanol–water partition coefficient (Wildman–Crippen LogP) is 1.35. The zero-order valence-electron chi connectivity index (χ0n) is 6.49. The van der Waals surface area contributed by atoms with Crippen LogP contribution in [0.1, 0.15) is 6.92 Å². The van der Waals surface area contributed by atoms with E-state index in [1.54, 1.807) is 0 Å². The summed E-state index contributed by atoms with van der Waals surface area (Å²) in [7, 11) is 0. The molecule has 0 aromatic heterocycles. The van der Waals surface area contributed by atoms with E-state index < -0.39 is 5.97 Å². The van der Waals surface area contributed by atoms with Crippen molar-refractivity contribution in [3.05, 3.63) is 9.81 Å². The van der Waals surface area contributed by atoms with E-state index >= 15 is 0 Å². The number of aliphatic carboxylic acids is 1. The molecule has 5 heteroatoms. The molecule has 12 heavy (non-hydrogen) atoms. The SMILES string of the molecule is CC(=O)C(C(=O)O)=C1SCCS1. The Morgan fingerprint density at radius 3 is 2.17 bits per heavy atom. The minimum atomic E-state index is -1.11. The number of carboxylic acids is 1. The van der Waals surface area contributed by atoms with Crippen molar-refractivity contribution in [1.29, 1.82) is 0 Å². The number of carbonyl (C=O) groups excluding carboxylic acids is 1. The number of Topliss-reactive ketones (excluding diaryl/α,β-unsaturated/α-hetero) is 1. The number of carbonyl (C=O) groups is 2. The topological polar surface area (TPSA) is 54.4 Å². The molecule has 0 atom stereocenters. The molecule has 0 saturated carbocycles. The number of carboxylic acid groups (broad SMARTS) is 1. The lowest BCUT2D eigenvalue weighted by Crippen LogP contribution is -2.09. The molecule has 0 aromatic carbocycles. The smallest absolute Gasteiger partial charge is 0.341 e. The molecule has 0 unspecified atom stereocenters. The van der Waals surface area contributed by atoms with Crippen LogP contribution in [0.2, 0.25) is 0 Å². The average Bonchev–Trinajstić information content (AvgIpc) is 2.37. The summed E-state index contributed by atoms with van der Waals surface area (Å²) < 4.78 is 0.662. The first-order valence-corrected chi connectivity index (χ1v) is 5.34. The van der Waals surface area contributed by atoms with Gasteiger partial charge in [0.05, 0.1) is 4.24 Å². The molecule has 0 bridgehead atoms. The predicted molar refractivity (Wildman–Crippen MR) is 50.3 cm³/mol. The van der Waals surface area contributed by atoms with Gasteiger partial charge in [-0.15, -0.1) is 23.5 Å². The van der Waals surface area contributed by atoms with Crippen LogP contribution in [-0.4, -0.2) is 28.4 Å². The molecular weight excluding hydrogens is 196 g/mol. The lowest BCUT2D eigenvalue weighted by molar-refractivity contribution is -0.134. The second kappa shape index (κ2) is 4.00. The van der Waals surface area contributed by atoms with Crippen molar-refractivity contribution >= 4 is 35.3 Å². The van der Waals surface area contributed by atoms with Crippen molar-refractivity contribution in [2.24, 2.45) is 0 Å². The number of ketones is 1. The third-order valence-electron chi connectivity index (χ3n) is 1.32. The Morgan fingerprint density at radius 2 is 1.83 bits per heavy atom. The van der Waals surface area contributed by atoms with Gasteiger partial charge in [0.25, 0.3) is 0 Å². The maximum absolute atomic E-state index is 10.9. The van der Waals surface area contributed by atoms with Crippen LogP contribution in [0.15, 0.2) is 9.81 Å². The van der Waals surface area contributed by atoms with Crippen molar-refractivity contribution in [2.75, 3.05) is 11.5 Å². The molecular formula is C7H8O3S2. The van der Waals surface area contributed by atoms with Gasteiger partial charge in [0.1, 0.15) is 5.57 Å². The highest BCUT2D eigenvalue weighted by Gasteiger charge is 2.22. The second-order valence-corrected chi connectivity index (χ2v) is 4.69. The van der Waals surface area contributed by atoms with Crippen LogP contribution in [0.3, 0.4) is 0 Å². The van der Waals surface area contributed by atoms with Crippen molar-refractivity contribution in [1.82, 2.24) is 0 Å². The maximum atomic E-state index is 10.9. The second-order valence-electron chi connectivity index (χ2n) is 2.22. The lowest BCUT2D eigenvalue weighted by atomic mass is 10.2. The largest absolute Gasteiger partial charge is 0.478 e. The standard InChI is InChI=1S/C7H8O3S2/c1-4(8)5(6(9)10)7-11-2-3-12-7/h2-3H2,1H3,(H,9,10). The molecule has 1 fully saturated rings. The van der Waals surface area contributed by atoms with Gasteiger partial charge in [-0.1, -0.05) is 0 Å². The molecule has 1 rings (SSSR count). The summed E-state index contributed by atoms with van der Waals surface area (Å²) in [6.45, 7) is 1.29. The van der Waals surface area contributed by atoms with Crippen LogP contribution >= 0.6 is 23.5 Å². The van der Waals surface area contributed by atoms with Crippen LogP contribution < -0.4 is 0 Å². The molecule has 0 aliphatic carbocycles. The number of hydrogen-bond acceptors (Lipinski definition) is 4. The van der Waals surface area contributed by atoms with E-state index in [2.05, 4.69) is 0 Å². The van der Waals surface area contributed by atoms with Crippen molar-refractivity contribution in [3.63, 3.8) is 0 Å². The number of rotatable bonds is 2. The van der Waals surface area contributed by atoms with Crippen molar-refractivity contribution in [2.45, 2.75) is 6.92 Å². The van der Waals surface area contributed by atoms with Crippen LogP contribution in [0.25, 0.3) is 0 Å². The zero-order valence-corrected chi connectivity index (χ0v) is 8.13. The summed E-state index contributed by atoms with van der Waals surface area (Å²) in [6.07, 6.45) is 0. The monoisotopic (exact) mass is 204 g/mol. The van der Waals surface area contributed by atoms with Crippen LogP contribution in [0.4, 0.5) is 0 Å². The van der Waals surface area contributed by atoms with E-state index in [0.29, 0.717) is 4.24 Å². The van der Waals surface area contributed by atoms with Gasteiger partial charge in [0, 0.05) is 11.5 Å². The Kier molecular flexibility index (Phi) is 3.22. The molecule has 1 aliphatic heterocycles. The lowest BCUT2D eigenvalue weighted by Gasteiger charge is -1.99. The molecule has 1 heterocycles. The average molecular weight is 204 g/mol. The fourth-order valence-electron chi connectivity index (χ4n) is 0.836. The summed E-state index contributed by atoms with van der Waals surface area (Å²) in [5.74, 6) is 0.313. The maximum Gasteiger partial charge on any atom is 0.341 e. The van der Waals surface area contributed by atoms with E-state index in [1.807, 2.05) is 0 Å². The van der Waals surface area contributed by atoms with Gasteiger partial charge in [-0.05, 0) is 6.92 Å². The molecule has 1 N–H and O–H groups in total. The van der Waals surface area contributed by atoms with Gasteiger partial charge in [0.15, 0.2) is 5.78 Å². The van der Waals surface area contributed by atoms with Gasteiger partial charge in [-0.2, -0.15) is 0 Å². The first-order valence-electron chi connectivity index (χ1n) is 3.37. The fraction of sp³-hybridized carbons (Fsp3) is 0.429. The van der Waals surface area contributed by atoms with Gasteiger partial charge >= 0.3 is 5.97 Å². The minimum Gasteiger partial charge on any atom is -0.478 e. The molecule has 1 saturated heterocycles. The van der Waals surface area contributed by atoms with Crippen LogP contribution in [-0.2, 0) is 9.59 Å². The first-order chi connectivity index (χ1) is 5.63. The number of hydrogen-bond donors (Lipinski definition) is 1. The zero-order chi connectivity index (χ0) is 9.14. The van der Waals surface area contributed by atoms with E-state index in [0.717, 1.165) is 11.5 Å². The summed E-state index contributed by atoms with van der Waals surface area (Å²) in [6, 6.07) is 0. The van der Waals surface area contributed by atoms with E-state index in [1.165, 1.54) is 30.4 Å². The Labute approximate surface area is 78.6 Å². The molecule has 0 spiro atoms. The third kappa shape index (κ3) is 2.04. The summed E-state index contributed by atoms with van der Waals surface area (Å²) >= 11 is 2.90. The fourth-order valence-corrected chi connectivity index (χ4v) is 3.46. The highest BCUT2D eigenvalue weighted by molar-refractivity contribution is 8.25. The molecule has 3 nitrogen and oxygen atoms in total. The van der Waals surface area contributed by atoms with Crippen LogP contribution in [0, 0.1) is 0 Å². The van der Waals surface area contributed by atoms with Gasteiger partial charge in [-0.25, -0.2) is 4.79 Å². The Balaban J connectivity index is 2.97. The highest BCUT2D eigenvalue weighted by atomic mass is 32.2. The normalized spacial score (nSPS) is 16.2. The third-order valence-corrected chi connectivity index (χ3v) is 4.03. The van der Waals surface area contributed by atoms with E-state index in [4.69, 9.17) is 5.11 Å². The summed E-state index contributed by atoms with van der Waals surface area (Å²) in [5, 5.41) is 8.70. The Bertz CT molecular complexity index is 233. The van der Waals surface area contributed by atoms with E-state index in [9.17, 15) is 9.59 Å². The van der Waals surface area contributed by atoms with Crippen molar-refractivity contribution < 1.29 is 14.7 Å². The Morgan fingerprint density at radius 1 is 1.33 bits per heavy atom. The molecule has 0 radical (unpaired) electrons. The van der Waals surface area contributed by atoms with Gasteiger partial charge < -0.3 is 5.11 Å². The summed E-state index contributed by atoms with van der Waals surface area (Å²) in [4.78, 5) is 21.5. The highest BCUT2D eigenvalue weighted by Crippen LogP contribution is 2.38. The first kappa shape index (κ1) is 9.67. The molecule has 1 aliphatic rings. The molecule has 0 amide bonds. The van der Waals surface area contributed by atoms with E-state index in [-0.39, 0.29) is 11.4 Å². The van der Waals surface area contributed by atoms with Crippen LogP contribution in [0.5, 0.6) is 0 Å². The Hall–Kier alpha value is -0.420. The minimum absolute atomic E-state index is 0.0532. The molecule has 66 valence electrons. The number of thioether (sulfide) groups is 2. The summed E-state index contributed by atoms with van der Waals surface area (Å²) in [5.41, 5.74) is -0.0532. The molecule has 0 aromatic rings. The van der Waals surface area contributed by atoms with Gasteiger partial charge in [0.2, 0.25) is 0 Å².